The highest BCUT2D eigenvalue weighted by Gasteiger charge is 2.22. The monoisotopic (exact) mass is 309 g/mol. The Morgan fingerprint density at radius 3 is 2.57 bits per heavy atom. The number of nitrogens with zero attached hydrogens (tertiary/aromatic N) is 1. The van der Waals surface area contributed by atoms with Crippen molar-refractivity contribution >= 4 is 28.2 Å². The molecule has 2 amide bonds. The molecular weight excluding hydrogens is 296 g/mol. The van der Waals surface area contributed by atoms with Gasteiger partial charge >= 0.3 is 6.03 Å². The number of urea groups is 1. The number of anilines is 2. The van der Waals surface area contributed by atoms with Crippen molar-refractivity contribution in [1.29, 1.82) is 0 Å². The number of hydrogen-bond donors (Lipinski definition) is 2. The van der Waals surface area contributed by atoms with Gasteiger partial charge in [-0.15, -0.1) is 11.3 Å². The lowest BCUT2D eigenvalue weighted by atomic mass is 9.85. The number of para-hydroxylation sites is 1. The highest BCUT2D eigenvalue weighted by atomic mass is 32.1. The first-order valence-corrected chi connectivity index (χ1v) is 7.43. The minimum Gasteiger partial charge on any atom is -0.302 e. The van der Waals surface area contributed by atoms with Gasteiger partial charge in [0, 0.05) is 11.1 Å². The summed E-state index contributed by atoms with van der Waals surface area (Å²) in [5, 5.41) is 5.07. The molecule has 2 N–H and O–H groups in total. The van der Waals surface area contributed by atoms with Crippen LogP contribution in [0.3, 0.4) is 0 Å². The van der Waals surface area contributed by atoms with Crippen LogP contribution in [0.5, 0.6) is 0 Å². The van der Waals surface area contributed by atoms with Crippen molar-refractivity contribution < 1.29 is 13.6 Å². The fourth-order valence-electron chi connectivity index (χ4n) is 2.09. The van der Waals surface area contributed by atoms with Crippen LogP contribution in [0.1, 0.15) is 30.1 Å². The van der Waals surface area contributed by atoms with Gasteiger partial charge < -0.3 is 5.32 Å². The predicted molar refractivity (Wildman–Crippen MR) is 77.7 cm³/mol. The minimum atomic E-state index is -0.820. The Balaban J connectivity index is 1.65. The van der Waals surface area contributed by atoms with Gasteiger partial charge in [-0.05, 0) is 30.9 Å². The van der Waals surface area contributed by atoms with Gasteiger partial charge in [-0.25, -0.2) is 18.6 Å². The van der Waals surface area contributed by atoms with Crippen molar-refractivity contribution in [3.05, 3.63) is 40.9 Å². The molecule has 0 bridgehead atoms. The zero-order chi connectivity index (χ0) is 14.8. The van der Waals surface area contributed by atoms with E-state index >= 15 is 0 Å². The smallest absolute Gasteiger partial charge is 0.302 e. The Morgan fingerprint density at radius 2 is 1.95 bits per heavy atom. The normalized spacial score (nSPS) is 14.6. The van der Waals surface area contributed by atoms with Crippen LogP contribution in [0.2, 0.25) is 0 Å². The van der Waals surface area contributed by atoms with E-state index in [0.29, 0.717) is 11.0 Å². The van der Waals surface area contributed by atoms with Crippen molar-refractivity contribution in [1.82, 2.24) is 4.98 Å². The molecular formula is C14H13F2N3OS. The van der Waals surface area contributed by atoms with Gasteiger partial charge in [0.15, 0.2) is 5.13 Å². The van der Waals surface area contributed by atoms with Crippen LogP contribution in [0.25, 0.3) is 0 Å². The second-order valence-corrected chi connectivity index (χ2v) is 5.93. The van der Waals surface area contributed by atoms with Crippen LogP contribution in [0.15, 0.2) is 24.4 Å². The van der Waals surface area contributed by atoms with E-state index in [1.807, 2.05) is 0 Å². The molecule has 1 aromatic heterocycles. The van der Waals surface area contributed by atoms with Crippen LogP contribution < -0.4 is 10.6 Å². The lowest BCUT2D eigenvalue weighted by Crippen LogP contribution is -2.20. The molecule has 21 heavy (non-hydrogen) atoms. The Kier molecular flexibility index (Phi) is 3.83. The summed E-state index contributed by atoms with van der Waals surface area (Å²) < 4.78 is 26.8. The van der Waals surface area contributed by atoms with Gasteiger partial charge in [-0.3, -0.25) is 5.32 Å². The first-order valence-electron chi connectivity index (χ1n) is 6.61. The van der Waals surface area contributed by atoms with Gasteiger partial charge in [0.05, 0.1) is 0 Å². The lowest BCUT2D eigenvalue weighted by Gasteiger charge is -2.23. The summed E-state index contributed by atoms with van der Waals surface area (Å²) >= 11 is 1.39. The third-order valence-corrected chi connectivity index (χ3v) is 4.53. The molecule has 1 heterocycles. The summed E-state index contributed by atoms with van der Waals surface area (Å²) in [5.74, 6) is -1.11. The van der Waals surface area contributed by atoms with E-state index in [2.05, 4.69) is 15.6 Å². The fourth-order valence-corrected chi connectivity index (χ4v) is 3.07. The summed E-state index contributed by atoms with van der Waals surface area (Å²) in [6.45, 7) is 0. The highest BCUT2D eigenvalue weighted by molar-refractivity contribution is 7.15. The number of hydrogen-bond acceptors (Lipinski definition) is 3. The van der Waals surface area contributed by atoms with Crippen LogP contribution in [-0.2, 0) is 0 Å². The third kappa shape index (κ3) is 3.02. The average Bonchev–Trinajstić information content (AvgIpc) is 2.80. The fraction of sp³-hybridized carbons (Fsp3) is 0.286. The Morgan fingerprint density at radius 1 is 1.24 bits per heavy atom. The SMILES string of the molecule is O=C(Nc1ncc(C2CCC2)s1)Nc1c(F)cccc1F. The zero-order valence-electron chi connectivity index (χ0n) is 11.0. The van der Waals surface area contributed by atoms with E-state index in [-0.39, 0.29) is 0 Å². The molecule has 0 aliphatic heterocycles. The van der Waals surface area contributed by atoms with Crippen molar-refractivity contribution in [2.24, 2.45) is 0 Å². The second kappa shape index (κ2) is 5.77. The number of benzene rings is 1. The van der Waals surface area contributed by atoms with Gasteiger partial charge in [0.2, 0.25) is 0 Å². The van der Waals surface area contributed by atoms with E-state index in [9.17, 15) is 13.6 Å². The van der Waals surface area contributed by atoms with Crippen molar-refractivity contribution in [2.75, 3.05) is 10.6 Å². The molecule has 1 saturated carbocycles. The molecule has 2 aromatic rings. The Hall–Kier alpha value is -2.02. The predicted octanol–water partition coefficient (Wildman–Crippen LogP) is 4.33. The van der Waals surface area contributed by atoms with Gasteiger partial charge in [0.25, 0.3) is 0 Å². The summed E-state index contributed by atoms with van der Waals surface area (Å²) in [4.78, 5) is 17.0. The number of nitrogens with one attached hydrogen (secondary N) is 2. The number of carbonyl (C=O) groups is 1. The van der Waals surface area contributed by atoms with E-state index in [1.165, 1.54) is 23.8 Å². The van der Waals surface area contributed by atoms with Crippen LogP contribution >= 0.6 is 11.3 Å². The lowest BCUT2D eigenvalue weighted by molar-refractivity contribution is 0.262. The van der Waals surface area contributed by atoms with Crippen molar-refractivity contribution in [3.63, 3.8) is 0 Å². The summed E-state index contributed by atoms with van der Waals surface area (Å²) in [5.41, 5.74) is -0.467. The highest BCUT2D eigenvalue weighted by Crippen LogP contribution is 2.39. The topological polar surface area (TPSA) is 54.0 Å². The van der Waals surface area contributed by atoms with Crippen molar-refractivity contribution in [2.45, 2.75) is 25.2 Å². The molecule has 0 atom stereocenters. The first kappa shape index (κ1) is 13.9. The molecule has 4 nitrogen and oxygen atoms in total. The molecule has 0 radical (unpaired) electrons. The third-order valence-electron chi connectivity index (χ3n) is 3.45. The number of halogens is 2. The van der Waals surface area contributed by atoms with Crippen molar-refractivity contribution in [3.8, 4) is 0 Å². The molecule has 3 rings (SSSR count). The molecule has 7 heteroatoms. The molecule has 0 unspecified atom stereocenters. The van der Waals surface area contributed by atoms with E-state index in [4.69, 9.17) is 0 Å². The minimum absolute atomic E-state index is 0.422. The number of carbonyl (C=O) groups excluding carboxylic acids is 1. The average molecular weight is 309 g/mol. The van der Waals surface area contributed by atoms with E-state index in [1.54, 1.807) is 6.20 Å². The van der Waals surface area contributed by atoms with Gasteiger partial charge in [0.1, 0.15) is 17.3 Å². The summed E-state index contributed by atoms with van der Waals surface area (Å²) in [6, 6.07) is 2.68. The van der Waals surface area contributed by atoms with Gasteiger partial charge in [-0.2, -0.15) is 0 Å². The number of thiazole rings is 1. The maximum atomic E-state index is 13.4. The molecule has 1 fully saturated rings. The quantitative estimate of drug-likeness (QED) is 0.886. The molecule has 0 spiro atoms. The first-order chi connectivity index (χ1) is 10.1. The molecule has 1 aliphatic carbocycles. The van der Waals surface area contributed by atoms with Crippen LogP contribution in [-0.4, -0.2) is 11.0 Å². The Bertz CT molecular complexity index is 650. The number of amides is 2. The summed E-state index contributed by atoms with van der Waals surface area (Å²) in [7, 11) is 0. The Labute approximate surface area is 124 Å². The number of aromatic nitrogens is 1. The molecule has 1 aromatic carbocycles. The molecule has 1 aliphatic rings. The maximum Gasteiger partial charge on any atom is 0.325 e. The van der Waals surface area contributed by atoms with E-state index in [0.717, 1.165) is 29.9 Å². The van der Waals surface area contributed by atoms with Crippen LogP contribution in [0, 0.1) is 11.6 Å². The maximum absolute atomic E-state index is 13.4. The largest absolute Gasteiger partial charge is 0.325 e. The molecule has 0 saturated heterocycles. The number of rotatable bonds is 3. The summed E-state index contributed by atoms with van der Waals surface area (Å²) in [6.07, 6.45) is 5.26. The molecule has 110 valence electrons. The second-order valence-electron chi connectivity index (χ2n) is 4.87. The zero-order valence-corrected chi connectivity index (χ0v) is 11.8. The van der Waals surface area contributed by atoms with Gasteiger partial charge in [-0.1, -0.05) is 12.5 Å². The van der Waals surface area contributed by atoms with Crippen LogP contribution in [0.4, 0.5) is 24.4 Å². The van der Waals surface area contributed by atoms with E-state index < -0.39 is 23.4 Å². The standard InChI is InChI=1S/C14H13F2N3OS/c15-9-5-2-6-10(16)12(9)18-13(20)19-14-17-7-11(21-14)8-3-1-4-8/h2,5-8H,1,3-4H2,(H2,17,18,19,20).